The minimum Gasteiger partial charge on any atom is -0.463 e. The molecule has 0 amide bonds. The Morgan fingerprint density at radius 2 is 2.12 bits per heavy atom. The van der Waals surface area contributed by atoms with Crippen molar-refractivity contribution in [2.24, 2.45) is 0 Å². The molecule has 88 valence electrons. The van der Waals surface area contributed by atoms with E-state index in [0.29, 0.717) is 0 Å². The lowest BCUT2D eigenvalue weighted by Crippen LogP contribution is -1.98. The van der Waals surface area contributed by atoms with Crippen LogP contribution in [0.4, 0.5) is 8.78 Å². The molecule has 6 heteroatoms. The number of methoxy groups -OCH3 is 1. The van der Waals surface area contributed by atoms with Crippen LogP contribution in [0.3, 0.4) is 0 Å². The van der Waals surface area contributed by atoms with E-state index >= 15 is 0 Å². The number of aromatic nitrogens is 1. The maximum atomic E-state index is 13.4. The first-order chi connectivity index (χ1) is 8.11. The summed E-state index contributed by atoms with van der Waals surface area (Å²) in [6.07, 6.45) is 0. The van der Waals surface area contributed by atoms with Crippen molar-refractivity contribution in [3.8, 4) is 11.3 Å². The molecule has 2 rings (SSSR count). The molecule has 0 aliphatic carbocycles. The van der Waals surface area contributed by atoms with Crippen LogP contribution in [-0.2, 0) is 4.74 Å². The van der Waals surface area contributed by atoms with E-state index in [0.717, 1.165) is 12.1 Å². The van der Waals surface area contributed by atoms with Gasteiger partial charge in [0.15, 0.2) is 0 Å². The molecular weight excluding hydrogens is 232 g/mol. The third-order valence-corrected chi connectivity index (χ3v) is 2.10. The van der Waals surface area contributed by atoms with Crippen LogP contribution in [-0.4, -0.2) is 18.2 Å². The van der Waals surface area contributed by atoms with Gasteiger partial charge < -0.3 is 9.26 Å². The Bertz CT molecular complexity index is 566. The number of halogens is 2. The van der Waals surface area contributed by atoms with Crippen LogP contribution in [0.25, 0.3) is 11.3 Å². The molecule has 0 saturated carbocycles. The number of esters is 1. The summed E-state index contributed by atoms with van der Waals surface area (Å²) >= 11 is 0. The molecule has 17 heavy (non-hydrogen) atoms. The van der Waals surface area contributed by atoms with Gasteiger partial charge in [0.1, 0.15) is 17.3 Å². The molecule has 4 nitrogen and oxygen atoms in total. The van der Waals surface area contributed by atoms with Crippen molar-refractivity contribution < 1.29 is 22.8 Å². The van der Waals surface area contributed by atoms with Crippen molar-refractivity contribution in [2.45, 2.75) is 0 Å². The summed E-state index contributed by atoms with van der Waals surface area (Å²) in [6.45, 7) is 0. The minimum atomic E-state index is -0.783. The smallest absolute Gasteiger partial charge is 0.376 e. The molecule has 1 aromatic carbocycles. The standard InChI is InChI=1S/C11H7F2NO3/c1-16-11(15)10-5-9(14-17-10)7-3-2-6(12)4-8(7)13/h2-5H,1H3. The molecule has 0 aliphatic heterocycles. The molecule has 0 saturated heterocycles. The molecule has 0 radical (unpaired) electrons. The van der Waals surface area contributed by atoms with E-state index in [1.807, 2.05) is 0 Å². The average molecular weight is 239 g/mol. The highest BCUT2D eigenvalue weighted by molar-refractivity contribution is 5.87. The van der Waals surface area contributed by atoms with Crippen molar-refractivity contribution in [3.63, 3.8) is 0 Å². The quantitative estimate of drug-likeness (QED) is 0.755. The lowest BCUT2D eigenvalue weighted by Gasteiger charge is -1.97. The number of rotatable bonds is 2. The zero-order valence-corrected chi connectivity index (χ0v) is 8.74. The second kappa shape index (κ2) is 4.32. The normalized spacial score (nSPS) is 10.3. The summed E-state index contributed by atoms with van der Waals surface area (Å²) in [6, 6.07) is 4.25. The predicted octanol–water partition coefficient (Wildman–Crippen LogP) is 2.41. The number of carbonyl (C=O) groups excluding carboxylic acids is 1. The number of carbonyl (C=O) groups is 1. The first kappa shape index (κ1) is 11.3. The summed E-state index contributed by atoms with van der Waals surface area (Å²) < 4.78 is 35.2. The van der Waals surface area contributed by atoms with E-state index in [9.17, 15) is 13.6 Å². The molecule has 2 aromatic rings. The fraction of sp³-hybridized carbons (Fsp3) is 0.0909. The average Bonchev–Trinajstić information content (AvgIpc) is 2.77. The molecular formula is C11H7F2NO3. The van der Waals surface area contributed by atoms with E-state index in [-0.39, 0.29) is 17.0 Å². The van der Waals surface area contributed by atoms with Crippen molar-refractivity contribution >= 4 is 5.97 Å². The Morgan fingerprint density at radius 3 is 2.76 bits per heavy atom. The molecule has 0 atom stereocenters. The molecule has 0 fully saturated rings. The Balaban J connectivity index is 2.40. The van der Waals surface area contributed by atoms with Crippen LogP contribution < -0.4 is 0 Å². The number of ether oxygens (including phenoxy) is 1. The van der Waals surface area contributed by atoms with Crippen LogP contribution in [0.5, 0.6) is 0 Å². The Kier molecular flexibility index (Phi) is 2.86. The Morgan fingerprint density at radius 1 is 1.35 bits per heavy atom. The zero-order chi connectivity index (χ0) is 12.4. The van der Waals surface area contributed by atoms with Gasteiger partial charge in [0.05, 0.1) is 7.11 Å². The van der Waals surface area contributed by atoms with Crippen LogP contribution in [0.1, 0.15) is 10.6 Å². The van der Waals surface area contributed by atoms with Crippen molar-refractivity contribution in [1.29, 1.82) is 0 Å². The molecule has 0 spiro atoms. The maximum absolute atomic E-state index is 13.4. The maximum Gasteiger partial charge on any atom is 0.376 e. The van der Waals surface area contributed by atoms with Crippen LogP contribution in [0.15, 0.2) is 28.8 Å². The summed E-state index contributed by atoms with van der Waals surface area (Å²) in [5, 5.41) is 3.51. The summed E-state index contributed by atoms with van der Waals surface area (Å²) in [7, 11) is 1.18. The van der Waals surface area contributed by atoms with Gasteiger partial charge >= 0.3 is 5.97 Å². The number of nitrogens with zero attached hydrogens (tertiary/aromatic N) is 1. The van der Waals surface area contributed by atoms with Gasteiger partial charge in [-0.15, -0.1) is 0 Å². The molecule has 1 heterocycles. The van der Waals surface area contributed by atoms with Gasteiger partial charge in [-0.1, -0.05) is 5.16 Å². The monoisotopic (exact) mass is 239 g/mol. The van der Waals surface area contributed by atoms with E-state index < -0.39 is 17.6 Å². The summed E-state index contributed by atoms with van der Waals surface area (Å²) in [5.74, 6) is -2.34. The largest absolute Gasteiger partial charge is 0.463 e. The molecule has 0 bridgehead atoms. The van der Waals surface area contributed by atoms with Gasteiger partial charge in [-0.05, 0) is 12.1 Å². The van der Waals surface area contributed by atoms with Crippen LogP contribution in [0, 0.1) is 11.6 Å². The van der Waals surface area contributed by atoms with E-state index in [4.69, 9.17) is 0 Å². The van der Waals surface area contributed by atoms with Crippen molar-refractivity contribution in [2.75, 3.05) is 7.11 Å². The third kappa shape index (κ3) is 2.15. The highest BCUT2D eigenvalue weighted by Gasteiger charge is 2.16. The second-order valence-electron chi connectivity index (χ2n) is 3.19. The van der Waals surface area contributed by atoms with E-state index in [1.165, 1.54) is 19.2 Å². The first-order valence-corrected chi connectivity index (χ1v) is 4.62. The summed E-state index contributed by atoms with van der Waals surface area (Å²) in [5.41, 5.74) is 0.146. The highest BCUT2D eigenvalue weighted by atomic mass is 19.1. The van der Waals surface area contributed by atoms with Gasteiger partial charge in [0.25, 0.3) is 0 Å². The molecule has 0 unspecified atom stereocenters. The SMILES string of the molecule is COC(=O)c1cc(-c2ccc(F)cc2F)no1. The highest BCUT2D eigenvalue weighted by Crippen LogP contribution is 2.23. The van der Waals surface area contributed by atoms with Crippen LogP contribution >= 0.6 is 0 Å². The number of benzene rings is 1. The fourth-order valence-electron chi connectivity index (χ4n) is 1.30. The van der Waals surface area contributed by atoms with E-state index in [2.05, 4.69) is 14.4 Å². The Hall–Kier alpha value is -2.24. The van der Waals surface area contributed by atoms with Gasteiger partial charge in [0.2, 0.25) is 5.76 Å². The zero-order valence-electron chi connectivity index (χ0n) is 8.74. The second-order valence-corrected chi connectivity index (χ2v) is 3.19. The third-order valence-electron chi connectivity index (χ3n) is 2.10. The number of hydrogen-bond donors (Lipinski definition) is 0. The number of hydrogen-bond acceptors (Lipinski definition) is 4. The van der Waals surface area contributed by atoms with Gasteiger partial charge in [-0.3, -0.25) is 0 Å². The first-order valence-electron chi connectivity index (χ1n) is 4.62. The van der Waals surface area contributed by atoms with Gasteiger partial charge in [-0.2, -0.15) is 0 Å². The Labute approximate surface area is 94.8 Å². The topological polar surface area (TPSA) is 52.3 Å². The lowest BCUT2D eigenvalue weighted by atomic mass is 10.1. The lowest BCUT2D eigenvalue weighted by molar-refractivity contribution is 0.0554. The minimum absolute atomic E-state index is 0.0466. The molecule has 0 aliphatic rings. The molecule has 0 N–H and O–H groups in total. The van der Waals surface area contributed by atoms with Gasteiger partial charge in [-0.25, -0.2) is 13.6 Å². The molecule has 1 aromatic heterocycles. The predicted molar refractivity (Wildman–Crippen MR) is 53.2 cm³/mol. The van der Waals surface area contributed by atoms with Crippen molar-refractivity contribution in [1.82, 2.24) is 5.16 Å². The van der Waals surface area contributed by atoms with Crippen molar-refractivity contribution in [3.05, 3.63) is 41.7 Å². The summed E-state index contributed by atoms with van der Waals surface area (Å²) in [4.78, 5) is 11.1. The van der Waals surface area contributed by atoms with Crippen LogP contribution in [0.2, 0.25) is 0 Å². The van der Waals surface area contributed by atoms with Gasteiger partial charge in [0, 0.05) is 17.7 Å². The van der Waals surface area contributed by atoms with E-state index in [1.54, 1.807) is 0 Å². The fourth-order valence-corrected chi connectivity index (χ4v) is 1.30.